The first-order chi connectivity index (χ1) is 20.6. The fraction of sp³-hybridized carbons (Fsp3) is 0.607. The number of amides is 2. The molecule has 2 aromatic heterocycles. The minimum absolute atomic E-state index is 0.00114. The number of hydrogen-bond donors (Lipinski definition) is 3. The number of hydrogen-bond acceptors (Lipinski definition) is 6. The maximum absolute atomic E-state index is 15.9. The SMILES string of the molecule is CC(C)(F)CNC(=O)C(c1ccc2[nH]c([C@@H](NC(=O)c3nonc3C3CC3)C3CCC(F)(F)CC3)nc2c1F)C(F)C(F)F. The average Bonchev–Trinajstić information content (AvgIpc) is 3.50. The van der Waals surface area contributed by atoms with Gasteiger partial charge < -0.3 is 15.6 Å². The summed E-state index contributed by atoms with van der Waals surface area (Å²) in [5.74, 6) is -9.17. The summed E-state index contributed by atoms with van der Waals surface area (Å²) in [7, 11) is 0. The van der Waals surface area contributed by atoms with Gasteiger partial charge in [0.25, 0.3) is 12.3 Å². The van der Waals surface area contributed by atoms with E-state index in [1.165, 1.54) is 6.07 Å². The van der Waals surface area contributed by atoms with Crippen LogP contribution in [0.5, 0.6) is 0 Å². The molecule has 0 bridgehead atoms. The molecular formula is C28H31F7N6O3. The van der Waals surface area contributed by atoms with Crippen molar-refractivity contribution in [1.29, 1.82) is 0 Å². The number of fused-ring (bicyclic) bond motifs is 1. The molecule has 16 heteroatoms. The third-order valence-electron chi connectivity index (χ3n) is 8.01. The van der Waals surface area contributed by atoms with Crippen LogP contribution in [-0.4, -0.2) is 62.8 Å². The highest BCUT2D eigenvalue weighted by molar-refractivity contribution is 5.93. The van der Waals surface area contributed by atoms with Crippen molar-refractivity contribution in [2.24, 2.45) is 5.92 Å². The van der Waals surface area contributed by atoms with Crippen LogP contribution in [0.4, 0.5) is 30.7 Å². The molecule has 2 aliphatic carbocycles. The summed E-state index contributed by atoms with van der Waals surface area (Å²) in [4.78, 5) is 33.1. The number of aromatic amines is 1. The third kappa shape index (κ3) is 6.83. The molecule has 3 aromatic rings. The van der Waals surface area contributed by atoms with Crippen molar-refractivity contribution in [3.05, 3.63) is 40.7 Å². The van der Waals surface area contributed by atoms with E-state index in [4.69, 9.17) is 4.63 Å². The Hall–Kier alpha value is -3.72. The molecule has 0 saturated heterocycles. The lowest BCUT2D eigenvalue weighted by Gasteiger charge is -2.33. The maximum Gasteiger partial charge on any atom is 0.276 e. The second-order valence-electron chi connectivity index (χ2n) is 12.1. The summed E-state index contributed by atoms with van der Waals surface area (Å²) in [6.45, 7) is 1.57. The minimum Gasteiger partial charge on any atom is -0.352 e. The molecule has 9 nitrogen and oxygen atoms in total. The molecule has 3 atom stereocenters. The highest BCUT2D eigenvalue weighted by atomic mass is 19.3. The molecule has 240 valence electrons. The minimum atomic E-state index is -3.66. The highest BCUT2D eigenvalue weighted by Crippen LogP contribution is 2.43. The van der Waals surface area contributed by atoms with Crippen molar-refractivity contribution < 1.29 is 45.0 Å². The molecule has 3 N–H and O–H groups in total. The van der Waals surface area contributed by atoms with E-state index < -0.39 is 90.2 Å². The van der Waals surface area contributed by atoms with Crippen molar-refractivity contribution in [2.75, 3.05) is 6.54 Å². The van der Waals surface area contributed by atoms with Crippen LogP contribution in [0.25, 0.3) is 11.0 Å². The number of carbonyl (C=O) groups is 2. The van der Waals surface area contributed by atoms with Crippen LogP contribution >= 0.6 is 0 Å². The quantitative estimate of drug-likeness (QED) is 0.229. The Morgan fingerprint density at radius 2 is 1.80 bits per heavy atom. The van der Waals surface area contributed by atoms with E-state index in [2.05, 4.69) is 25.6 Å². The molecule has 2 amide bonds. The van der Waals surface area contributed by atoms with Gasteiger partial charge >= 0.3 is 0 Å². The van der Waals surface area contributed by atoms with E-state index in [9.17, 15) is 35.9 Å². The maximum atomic E-state index is 15.9. The molecule has 1 aromatic carbocycles. The number of nitrogens with one attached hydrogen (secondary N) is 3. The summed E-state index contributed by atoms with van der Waals surface area (Å²) in [5, 5.41) is 12.3. The molecule has 0 spiro atoms. The monoisotopic (exact) mass is 632 g/mol. The molecule has 0 aliphatic heterocycles. The van der Waals surface area contributed by atoms with Crippen molar-refractivity contribution in [3.63, 3.8) is 0 Å². The van der Waals surface area contributed by atoms with Crippen LogP contribution < -0.4 is 10.6 Å². The Morgan fingerprint density at radius 3 is 2.41 bits per heavy atom. The van der Waals surface area contributed by atoms with Gasteiger partial charge in [-0.3, -0.25) is 9.59 Å². The predicted molar refractivity (Wildman–Crippen MR) is 141 cm³/mol. The smallest absolute Gasteiger partial charge is 0.276 e. The Morgan fingerprint density at radius 1 is 1.11 bits per heavy atom. The largest absolute Gasteiger partial charge is 0.352 e. The van der Waals surface area contributed by atoms with Gasteiger partial charge in [-0.1, -0.05) is 11.2 Å². The zero-order valence-corrected chi connectivity index (χ0v) is 23.8. The van der Waals surface area contributed by atoms with Gasteiger partial charge in [0.1, 0.15) is 28.6 Å². The van der Waals surface area contributed by atoms with Crippen LogP contribution in [0.15, 0.2) is 16.8 Å². The van der Waals surface area contributed by atoms with Crippen molar-refractivity contribution in [3.8, 4) is 0 Å². The summed E-state index contributed by atoms with van der Waals surface area (Å²) >= 11 is 0. The first-order valence-electron chi connectivity index (χ1n) is 14.2. The van der Waals surface area contributed by atoms with Gasteiger partial charge in [-0.2, -0.15) is 0 Å². The van der Waals surface area contributed by atoms with E-state index in [-0.39, 0.29) is 35.8 Å². The molecule has 2 unspecified atom stereocenters. The zero-order valence-electron chi connectivity index (χ0n) is 23.8. The number of nitrogens with zero attached hydrogens (tertiary/aromatic N) is 3. The molecule has 0 radical (unpaired) electrons. The first kappa shape index (κ1) is 31.7. The molecule has 2 aliphatic rings. The third-order valence-corrected chi connectivity index (χ3v) is 8.01. The van der Waals surface area contributed by atoms with Crippen LogP contribution in [0.1, 0.15) is 97.8 Å². The van der Waals surface area contributed by atoms with Gasteiger partial charge in [0.15, 0.2) is 17.7 Å². The van der Waals surface area contributed by atoms with Gasteiger partial charge in [-0.15, -0.1) is 0 Å². The first-order valence-corrected chi connectivity index (χ1v) is 14.2. The lowest BCUT2D eigenvalue weighted by Crippen LogP contribution is -2.42. The van der Waals surface area contributed by atoms with Crippen molar-refractivity contribution in [2.45, 2.75) is 94.4 Å². The summed E-state index contributed by atoms with van der Waals surface area (Å²) in [6, 6.07) is 1.10. The second kappa shape index (κ2) is 12.0. The Kier molecular flexibility index (Phi) is 8.64. The van der Waals surface area contributed by atoms with E-state index in [0.717, 1.165) is 32.8 Å². The molecule has 2 heterocycles. The number of rotatable bonds is 11. The van der Waals surface area contributed by atoms with Crippen molar-refractivity contribution >= 4 is 22.8 Å². The number of aromatic nitrogens is 4. The number of H-pyrrole nitrogens is 1. The van der Waals surface area contributed by atoms with Gasteiger partial charge in [-0.25, -0.2) is 40.3 Å². The molecular weight excluding hydrogens is 601 g/mol. The van der Waals surface area contributed by atoms with E-state index >= 15 is 4.39 Å². The van der Waals surface area contributed by atoms with Gasteiger partial charge in [-0.05, 0) is 56.7 Å². The van der Waals surface area contributed by atoms with Gasteiger partial charge in [0, 0.05) is 24.3 Å². The molecule has 5 rings (SSSR count). The van der Waals surface area contributed by atoms with Crippen LogP contribution in [0.2, 0.25) is 0 Å². The lowest BCUT2D eigenvalue weighted by atomic mass is 9.81. The highest BCUT2D eigenvalue weighted by Gasteiger charge is 2.42. The van der Waals surface area contributed by atoms with E-state index in [1.807, 2.05) is 5.32 Å². The topological polar surface area (TPSA) is 126 Å². The summed E-state index contributed by atoms with van der Waals surface area (Å²) in [6.07, 6.45) is -6.16. The Balaban J connectivity index is 1.50. The predicted octanol–water partition coefficient (Wildman–Crippen LogP) is 5.81. The van der Waals surface area contributed by atoms with Gasteiger partial charge in [0.2, 0.25) is 11.8 Å². The number of imidazole rings is 1. The Bertz CT molecular complexity index is 1510. The number of carbonyl (C=O) groups excluding carboxylic acids is 2. The van der Waals surface area contributed by atoms with Gasteiger partial charge in [0.05, 0.1) is 18.1 Å². The lowest BCUT2D eigenvalue weighted by molar-refractivity contribution is -0.126. The van der Waals surface area contributed by atoms with Crippen molar-refractivity contribution in [1.82, 2.24) is 30.9 Å². The van der Waals surface area contributed by atoms with E-state index in [0.29, 0.717) is 5.69 Å². The van der Waals surface area contributed by atoms with Crippen LogP contribution in [0.3, 0.4) is 0 Å². The van der Waals surface area contributed by atoms with Crippen LogP contribution in [-0.2, 0) is 4.79 Å². The second-order valence-corrected chi connectivity index (χ2v) is 12.1. The summed E-state index contributed by atoms with van der Waals surface area (Å²) in [5.41, 5.74) is -2.85. The zero-order chi connectivity index (χ0) is 32.0. The van der Waals surface area contributed by atoms with Crippen LogP contribution in [0, 0.1) is 11.7 Å². The standard InChI is InChI=1S/C28H31F7N6O3/c1-27(2,33)11-36-25(42)16(18(30)23(31)32)14-5-6-15-21(17(14)29)38-24(37-15)20(13-7-9-28(34,35)10-8-13)39-26(43)22-19(12-3-4-12)40-44-41-22/h5-6,12-13,16,18,20,23H,3-4,7-11H2,1-2H3,(H,36,42)(H,37,38)(H,39,43)/t16?,18?,20-/m0/s1. The normalized spacial score (nSPS) is 19.6. The Labute approximate surface area is 246 Å². The number of halogens is 7. The molecule has 2 saturated carbocycles. The fourth-order valence-electron chi connectivity index (χ4n) is 5.47. The number of alkyl halides is 6. The average molecular weight is 633 g/mol. The number of benzene rings is 1. The molecule has 2 fully saturated rings. The summed E-state index contributed by atoms with van der Waals surface area (Å²) < 4.78 is 104. The van der Waals surface area contributed by atoms with E-state index in [1.54, 1.807) is 0 Å². The fourth-order valence-corrected chi connectivity index (χ4v) is 5.47. The molecule has 44 heavy (non-hydrogen) atoms.